The molecule has 1 aromatic carbocycles. The summed E-state index contributed by atoms with van der Waals surface area (Å²) in [6.45, 7) is 6.49. The molecular weight excluding hydrogens is 226 g/mol. The highest BCUT2D eigenvalue weighted by atomic mass is 16.5. The van der Waals surface area contributed by atoms with Gasteiger partial charge in [0.05, 0.1) is 14.2 Å². The zero-order valence-electron chi connectivity index (χ0n) is 12.1. The molecule has 0 spiro atoms. The first-order valence-electron chi connectivity index (χ1n) is 6.47. The molecule has 0 heterocycles. The van der Waals surface area contributed by atoms with Crippen LogP contribution in [-0.2, 0) is 0 Å². The molecule has 0 saturated heterocycles. The van der Waals surface area contributed by atoms with E-state index < -0.39 is 0 Å². The van der Waals surface area contributed by atoms with Gasteiger partial charge in [0, 0.05) is 6.04 Å². The van der Waals surface area contributed by atoms with Gasteiger partial charge in [0.25, 0.3) is 0 Å². The average Bonchev–Trinajstić information content (AvgIpc) is 2.35. The number of ether oxygens (including phenoxy) is 2. The van der Waals surface area contributed by atoms with Gasteiger partial charge >= 0.3 is 0 Å². The van der Waals surface area contributed by atoms with E-state index >= 15 is 0 Å². The lowest BCUT2D eigenvalue weighted by Crippen LogP contribution is -2.13. The Morgan fingerprint density at radius 1 is 1.06 bits per heavy atom. The third kappa shape index (κ3) is 3.64. The molecule has 0 bridgehead atoms. The molecular formula is C15H25NO2. The Morgan fingerprint density at radius 3 is 2.11 bits per heavy atom. The Balaban J connectivity index is 2.94. The van der Waals surface area contributed by atoms with Crippen LogP contribution in [0.25, 0.3) is 0 Å². The van der Waals surface area contributed by atoms with Crippen molar-refractivity contribution >= 4 is 0 Å². The van der Waals surface area contributed by atoms with Crippen molar-refractivity contribution in [1.82, 2.24) is 0 Å². The van der Waals surface area contributed by atoms with E-state index in [2.05, 4.69) is 20.8 Å². The van der Waals surface area contributed by atoms with Crippen molar-refractivity contribution in [2.24, 2.45) is 11.7 Å². The Bertz CT molecular complexity index is 388. The van der Waals surface area contributed by atoms with E-state index in [1.165, 1.54) is 0 Å². The molecule has 1 rings (SSSR count). The highest BCUT2D eigenvalue weighted by Gasteiger charge is 2.14. The molecule has 0 aliphatic rings. The maximum atomic E-state index is 6.26. The molecule has 2 N–H and O–H groups in total. The second-order valence-corrected chi connectivity index (χ2v) is 5.14. The van der Waals surface area contributed by atoms with Crippen molar-refractivity contribution in [1.29, 1.82) is 0 Å². The quantitative estimate of drug-likeness (QED) is 0.842. The lowest BCUT2D eigenvalue weighted by Gasteiger charge is -2.18. The topological polar surface area (TPSA) is 44.5 Å². The van der Waals surface area contributed by atoms with Crippen molar-refractivity contribution in [2.75, 3.05) is 14.2 Å². The van der Waals surface area contributed by atoms with Crippen molar-refractivity contribution in [2.45, 2.75) is 39.7 Å². The molecule has 1 aromatic rings. The second kappa shape index (κ2) is 6.64. The molecule has 0 aromatic heterocycles. The van der Waals surface area contributed by atoms with E-state index in [-0.39, 0.29) is 6.04 Å². The summed E-state index contributed by atoms with van der Waals surface area (Å²) in [6.07, 6.45) is 2.13. The molecule has 0 radical (unpaired) electrons. The van der Waals surface area contributed by atoms with Crippen LogP contribution in [0.2, 0.25) is 0 Å². The van der Waals surface area contributed by atoms with E-state index in [0.29, 0.717) is 5.92 Å². The first kappa shape index (κ1) is 14.8. The van der Waals surface area contributed by atoms with Gasteiger partial charge in [-0.15, -0.1) is 0 Å². The number of methoxy groups -OCH3 is 2. The lowest BCUT2D eigenvalue weighted by atomic mass is 9.95. The summed E-state index contributed by atoms with van der Waals surface area (Å²) in [5.41, 5.74) is 8.57. The molecule has 3 heteroatoms. The van der Waals surface area contributed by atoms with Crippen molar-refractivity contribution in [3.63, 3.8) is 0 Å². The first-order valence-corrected chi connectivity index (χ1v) is 6.47. The summed E-state index contributed by atoms with van der Waals surface area (Å²) >= 11 is 0. The van der Waals surface area contributed by atoms with Gasteiger partial charge in [-0.25, -0.2) is 0 Å². The number of aryl methyl sites for hydroxylation is 1. The summed E-state index contributed by atoms with van der Waals surface area (Å²) in [6, 6.07) is 4.05. The molecule has 0 aliphatic carbocycles. The molecule has 0 aliphatic heterocycles. The van der Waals surface area contributed by atoms with Crippen LogP contribution in [0.5, 0.6) is 11.5 Å². The number of rotatable bonds is 6. The van der Waals surface area contributed by atoms with Gasteiger partial charge in [-0.1, -0.05) is 13.8 Å². The Morgan fingerprint density at radius 2 is 1.61 bits per heavy atom. The average molecular weight is 251 g/mol. The second-order valence-electron chi connectivity index (χ2n) is 5.14. The molecule has 0 saturated carbocycles. The zero-order valence-corrected chi connectivity index (χ0v) is 12.1. The summed E-state index contributed by atoms with van der Waals surface area (Å²) in [7, 11) is 3.30. The Hall–Kier alpha value is -1.22. The van der Waals surface area contributed by atoms with E-state index in [4.69, 9.17) is 15.2 Å². The number of hydrogen-bond donors (Lipinski definition) is 1. The molecule has 102 valence electrons. The van der Waals surface area contributed by atoms with E-state index in [1.807, 2.05) is 12.1 Å². The van der Waals surface area contributed by atoms with Crippen LogP contribution in [-0.4, -0.2) is 14.2 Å². The van der Waals surface area contributed by atoms with Gasteiger partial charge in [0.15, 0.2) is 11.5 Å². The summed E-state index contributed by atoms with van der Waals surface area (Å²) in [5.74, 6) is 2.18. The molecule has 1 atom stereocenters. The maximum absolute atomic E-state index is 6.26. The zero-order chi connectivity index (χ0) is 13.7. The smallest absolute Gasteiger partial charge is 0.161 e. The molecule has 18 heavy (non-hydrogen) atoms. The van der Waals surface area contributed by atoms with Gasteiger partial charge < -0.3 is 15.2 Å². The van der Waals surface area contributed by atoms with E-state index in [9.17, 15) is 0 Å². The van der Waals surface area contributed by atoms with Gasteiger partial charge in [0.2, 0.25) is 0 Å². The predicted octanol–water partition coefficient (Wildman–Crippen LogP) is 3.45. The van der Waals surface area contributed by atoms with Gasteiger partial charge in [-0.05, 0) is 48.9 Å². The van der Waals surface area contributed by atoms with Gasteiger partial charge in [-0.2, -0.15) is 0 Å². The fourth-order valence-electron chi connectivity index (χ4n) is 2.06. The summed E-state index contributed by atoms with van der Waals surface area (Å²) in [5, 5.41) is 0. The van der Waals surface area contributed by atoms with E-state index in [0.717, 1.165) is 35.5 Å². The van der Waals surface area contributed by atoms with Crippen LogP contribution in [0.15, 0.2) is 12.1 Å². The van der Waals surface area contributed by atoms with Gasteiger partial charge in [-0.3, -0.25) is 0 Å². The number of hydrogen-bond acceptors (Lipinski definition) is 3. The largest absolute Gasteiger partial charge is 0.493 e. The predicted molar refractivity (Wildman–Crippen MR) is 75.3 cm³/mol. The fraction of sp³-hybridized carbons (Fsp3) is 0.600. The number of nitrogens with two attached hydrogens (primary N) is 1. The van der Waals surface area contributed by atoms with Crippen LogP contribution in [0.4, 0.5) is 0 Å². The molecule has 3 nitrogen and oxygen atoms in total. The Kier molecular flexibility index (Phi) is 5.48. The first-order chi connectivity index (χ1) is 8.49. The molecule has 0 fully saturated rings. The number of benzene rings is 1. The highest BCUT2D eigenvalue weighted by molar-refractivity contribution is 5.48. The van der Waals surface area contributed by atoms with Crippen LogP contribution >= 0.6 is 0 Å². The molecule has 0 amide bonds. The third-order valence-electron chi connectivity index (χ3n) is 3.23. The minimum absolute atomic E-state index is 0.0622. The minimum Gasteiger partial charge on any atom is -0.493 e. The third-order valence-corrected chi connectivity index (χ3v) is 3.23. The lowest BCUT2D eigenvalue weighted by molar-refractivity contribution is 0.353. The van der Waals surface area contributed by atoms with Crippen LogP contribution in [0.1, 0.15) is 43.9 Å². The normalized spacial score (nSPS) is 12.6. The molecule has 1 unspecified atom stereocenters. The summed E-state index contributed by atoms with van der Waals surface area (Å²) < 4.78 is 10.6. The summed E-state index contributed by atoms with van der Waals surface area (Å²) in [4.78, 5) is 0. The monoisotopic (exact) mass is 251 g/mol. The fourth-order valence-corrected chi connectivity index (χ4v) is 2.06. The van der Waals surface area contributed by atoms with Crippen LogP contribution in [0, 0.1) is 12.8 Å². The minimum atomic E-state index is 0.0622. The maximum Gasteiger partial charge on any atom is 0.161 e. The van der Waals surface area contributed by atoms with Crippen LogP contribution < -0.4 is 15.2 Å². The van der Waals surface area contributed by atoms with Crippen molar-refractivity contribution < 1.29 is 9.47 Å². The SMILES string of the molecule is COc1cc(C)c(C(N)CCC(C)C)cc1OC. The van der Waals surface area contributed by atoms with Crippen molar-refractivity contribution in [3.8, 4) is 11.5 Å². The van der Waals surface area contributed by atoms with Crippen molar-refractivity contribution in [3.05, 3.63) is 23.3 Å². The van der Waals surface area contributed by atoms with E-state index in [1.54, 1.807) is 14.2 Å². The Labute approximate surface area is 110 Å². The standard InChI is InChI=1S/C15H25NO2/c1-10(2)6-7-13(16)12-9-15(18-5)14(17-4)8-11(12)3/h8-10,13H,6-7,16H2,1-5H3. The highest BCUT2D eigenvalue weighted by Crippen LogP contribution is 2.33. The van der Waals surface area contributed by atoms with Gasteiger partial charge in [0.1, 0.15) is 0 Å². The van der Waals surface area contributed by atoms with Crippen LogP contribution in [0.3, 0.4) is 0 Å².